The fourth-order valence-electron chi connectivity index (χ4n) is 0.503. The summed E-state index contributed by atoms with van der Waals surface area (Å²) in [6, 6.07) is 0. The monoisotopic (exact) mass is 165 g/mol. The largest absolute Gasteiger partial charge is 0.597 e. The molecule has 0 radical (unpaired) electrons. The number of methoxy groups -OCH3 is 2. The van der Waals surface area contributed by atoms with Crippen molar-refractivity contribution in [2.75, 3.05) is 21.3 Å². The predicted octanol–water partition coefficient (Wildman–Crippen LogP) is -1.92. The van der Waals surface area contributed by atoms with Crippen LogP contribution in [0.4, 0.5) is 0 Å². The van der Waals surface area contributed by atoms with Crippen LogP contribution in [-0.4, -0.2) is 33.5 Å². The highest BCUT2D eigenvalue weighted by Gasteiger charge is 2.26. The van der Waals surface area contributed by atoms with Crippen molar-refractivity contribution in [1.29, 1.82) is 0 Å². The molecule has 0 aliphatic carbocycles. The minimum Gasteiger partial charge on any atom is -0.597 e. The molecule has 0 aliphatic heterocycles. The van der Waals surface area contributed by atoms with Gasteiger partial charge >= 0.3 is 12.2 Å². The zero-order valence-corrected chi connectivity index (χ0v) is 6.62. The summed E-state index contributed by atoms with van der Waals surface area (Å²) in [4.78, 5) is 15.0. The lowest BCUT2D eigenvalue weighted by atomic mass is 10.6. The van der Waals surface area contributed by atoms with Crippen LogP contribution in [0.3, 0.4) is 0 Å². The molecular weight excluding hydrogens is 154 g/mol. The van der Waals surface area contributed by atoms with Gasteiger partial charge in [-0.2, -0.15) is 5.23 Å². The van der Waals surface area contributed by atoms with Gasteiger partial charge in [0.2, 0.25) is 0 Å². The van der Waals surface area contributed by atoms with Gasteiger partial charge < -0.3 is 14.7 Å². The maximum absolute atomic E-state index is 10.7. The minimum absolute atomic E-state index is 0.764. The molecule has 0 fully saturated rings. The molecule has 0 saturated heterocycles. The number of esters is 1. The Hall–Kier alpha value is -0.690. The molecule has 6 nitrogen and oxygen atoms in total. The molecule has 66 valence electrons. The SMILES string of the molecule is COC(=O)C(OC)[NH+]([O-])OC. The fraction of sp³-hybridized carbons (Fsp3) is 0.800. The number of rotatable bonds is 4. The van der Waals surface area contributed by atoms with Crippen molar-refractivity contribution in [2.24, 2.45) is 0 Å². The molecule has 0 heterocycles. The van der Waals surface area contributed by atoms with Crippen LogP contribution < -0.4 is 5.23 Å². The number of hydrogen-bond acceptors (Lipinski definition) is 5. The molecule has 2 atom stereocenters. The first-order valence-electron chi connectivity index (χ1n) is 2.85. The lowest BCUT2D eigenvalue weighted by Crippen LogP contribution is -3.11. The summed E-state index contributed by atoms with van der Waals surface area (Å²) in [6.07, 6.45) is -1.27. The van der Waals surface area contributed by atoms with E-state index >= 15 is 0 Å². The van der Waals surface area contributed by atoms with E-state index in [0.717, 1.165) is 14.2 Å². The van der Waals surface area contributed by atoms with Gasteiger partial charge in [0.05, 0.1) is 14.2 Å². The first kappa shape index (κ1) is 10.3. The van der Waals surface area contributed by atoms with Gasteiger partial charge in [0.1, 0.15) is 0 Å². The molecule has 0 aliphatic rings. The van der Waals surface area contributed by atoms with Crippen molar-refractivity contribution >= 4 is 5.97 Å². The highest BCUT2D eigenvalue weighted by molar-refractivity contribution is 5.72. The standard InChI is InChI=1S/C5H11NO5/c1-9-4(5(7)10-2)6(8)11-3/h4,6H,1-3H3. The van der Waals surface area contributed by atoms with Crippen LogP contribution in [0.1, 0.15) is 0 Å². The van der Waals surface area contributed by atoms with Gasteiger partial charge in [-0.15, -0.1) is 0 Å². The van der Waals surface area contributed by atoms with Crippen molar-refractivity contribution in [1.82, 2.24) is 0 Å². The Morgan fingerprint density at radius 1 is 1.45 bits per heavy atom. The number of carbonyl (C=O) groups is 1. The number of ether oxygens (including phenoxy) is 2. The molecule has 11 heavy (non-hydrogen) atoms. The predicted molar refractivity (Wildman–Crippen MR) is 34.2 cm³/mol. The van der Waals surface area contributed by atoms with E-state index in [9.17, 15) is 10.0 Å². The van der Waals surface area contributed by atoms with E-state index in [1.165, 1.54) is 7.11 Å². The highest BCUT2D eigenvalue weighted by atomic mass is 16.9. The summed E-state index contributed by atoms with van der Waals surface area (Å²) in [5, 5.41) is 9.93. The van der Waals surface area contributed by atoms with Crippen LogP contribution >= 0.6 is 0 Å². The van der Waals surface area contributed by atoms with Crippen LogP contribution in [0.25, 0.3) is 0 Å². The van der Waals surface area contributed by atoms with Crippen molar-refractivity contribution in [3.05, 3.63) is 5.21 Å². The summed E-state index contributed by atoms with van der Waals surface area (Å²) in [5.74, 6) is -0.764. The van der Waals surface area contributed by atoms with Crippen molar-refractivity contribution in [3.63, 3.8) is 0 Å². The number of carbonyl (C=O) groups excluding carboxylic acids is 1. The molecular formula is C5H11NO5. The second-order valence-electron chi connectivity index (χ2n) is 1.66. The third kappa shape index (κ3) is 2.81. The van der Waals surface area contributed by atoms with Gasteiger partial charge in [-0.3, -0.25) is 0 Å². The topological polar surface area (TPSA) is 72.3 Å². The summed E-state index contributed by atoms with van der Waals surface area (Å²) in [6.45, 7) is 0. The van der Waals surface area contributed by atoms with Crippen LogP contribution in [0, 0.1) is 5.21 Å². The molecule has 0 bridgehead atoms. The van der Waals surface area contributed by atoms with Gasteiger partial charge in [0.25, 0.3) is 0 Å². The lowest BCUT2D eigenvalue weighted by Gasteiger charge is -2.23. The Bertz CT molecular complexity index is 128. The first-order chi connectivity index (χ1) is 5.17. The molecule has 2 unspecified atom stereocenters. The van der Waals surface area contributed by atoms with E-state index < -0.39 is 17.4 Å². The average molecular weight is 165 g/mol. The molecule has 0 amide bonds. The second-order valence-corrected chi connectivity index (χ2v) is 1.66. The molecule has 0 spiro atoms. The van der Waals surface area contributed by atoms with Crippen LogP contribution in [0.15, 0.2) is 0 Å². The zero-order valence-electron chi connectivity index (χ0n) is 6.62. The normalized spacial score (nSPS) is 15.6. The van der Waals surface area contributed by atoms with Gasteiger partial charge in [-0.05, 0) is 0 Å². The van der Waals surface area contributed by atoms with Crippen LogP contribution in [0.2, 0.25) is 0 Å². The molecule has 0 aromatic carbocycles. The quantitative estimate of drug-likeness (QED) is 0.298. The number of nitrogens with one attached hydrogen (secondary N) is 1. The number of quaternary nitrogens is 1. The lowest BCUT2D eigenvalue weighted by molar-refractivity contribution is -1.08. The van der Waals surface area contributed by atoms with Gasteiger partial charge in [0, 0.05) is 7.11 Å². The van der Waals surface area contributed by atoms with Crippen LogP contribution in [0.5, 0.6) is 0 Å². The summed E-state index contributed by atoms with van der Waals surface area (Å²) >= 11 is 0. The van der Waals surface area contributed by atoms with Crippen molar-refractivity contribution in [2.45, 2.75) is 6.23 Å². The average Bonchev–Trinajstić information content (AvgIpc) is 2.05. The molecule has 0 aromatic heterocycles. The van der Waals surface area contributed by atoms with Gasteiger partial charge in [-0.1, -0.05) is 0 Å². The van der Waals surface area contributed by atoms with E-state index in [1.54, 1.807) is 0 Å². The van der Waals surface area contributed by atoms with Crippen molar-refractivity contribution < 1.29 is 24.3 Å². The summed E-state index contributed by atoms with van der Waals surface area (Å²) < 4.78 is 8.77. The van der Waals surface area contributed by atoms with Gasteiger partial charge in [0.15, 0.2) is 0 Å². The third-order valence-corrected chi connectivity index (χ3v) is 1.07. The Labute approximate surface area is 64.2 Å². The molecule has 0 saturated carbocycles. The third-order valence-electron chi connectivity index (χ3n) is 1.07. The van der Waals surface area contributed by atoms with E-state index in [0.29, 0.717) is 0 Å². The highest BCUT2D eigenvalue weighted by Crippen LogP contribution is 1.82. The molecule has 6 heteroatoms. The van der Waals surface area contributed by atoms with E-state index in [-0.39, 0.29) is 0 Å². The van der Waals surface area contributed by atoms with Crippen LogP contribution in [-0.2, 0) is 19.1 Å². The summed E-state index contributed by atoms with van der Waals surface area (Å²) in [5.41, 5.74) is 0. The van der Waals surface area contributed by atoms with E-state index in [4.69, 9.17) is 0 Å². The number of hydrogen-bond donors (Lipinski definition) is 1. The molecule has 0 rings (SSSR count). The molecule has 1 N–H and O–H groups in total. The Balaban J connectivity index is 4.03. The Kier molecular flexibility index (Phi) is 4.71. The first-order valence-corrected chi connectivity index (χ1v) is 2.85. The maximum Gasteiger partial charge on any atom is 0.398 e. The number of hydroxylamine groups is 2. The second kappa shape index (κ2) is 5.03. The Morgan fingerprint density at radius 2 is 2.00 bits per heavy atom. The Morgan fingerprint density at radius 3 is 2.27 bits per heavy atom. The minimum atomic E-state index is -1.27. The maximum atomic E-state index is 10.7. The fourth-order valence-corrected chi connectivity index (χ4v) is 0.503. The zero-order chi connectivity index (χ0) is 8.85. The van der Waals surface area contributed by atoms with E-state index in [2.05, 4.69) is 14.3 Å². The van der Waals surface area contributed by atoms with Gasteiger partial charge in [-0.25, -0.2) is 9.63 Å². The van der Waals surface area contributed by atoms with Crippen molar-refractivity contribution in [3.8, 4) is 0 Å². The smallest absolute Gasteiger partial charge is 0.398 e. The van der Waals surface area contributed by atoms with E-state index in [1.807, 2.05) is 0 Å². The molecule has 0 aromatic rings. The summed E-state index contributed by atoms with van der Waals surface area (Å²) in [7, 11) is 3.55.